The van der Waals surface area contributed by atoms with Gasteiger partial charge < -0.3 is 21.3 Å². The third kappa shape index (κ3) is 12.9. The fourth-order valence-electron chi connectivity index (χ4n) is 4.56. The first-order valence-corrected chi connectivity index (χ1v) is 14.7. The van der Waals surface area contributed by atoms with Crippen LogP contribution in [0.25, 0.3) is 21.3 Å². The molecule has 0 heterocycles. The Morgan fingerprint density at radius 3 is 0.951 bits per heavy atom. The van der Waals surface area contributed by atoms with Crippen LogP contribution in [0.4, 0.5) is 11.4 Å². The van der Waals surface area contributed by atoms with E-state index in [1.165, 1.54) is 44.8 Å². The standard InChI is InChI=1S/C32H42N2.2C2H6N.Zr/c1-21(2)27-14-10-15-28(22(3)4)31(27)33-19-25-12-9-13-26(18-25)20-34-32-29(23(5)6)16-11-17-30(32)24(7)8;2*1-3-2;/h9-18,21-24H,19-20H2,1-8H3;2*1-2H3;/q-2;2*-1;+4. The average molecular weight is 634 g/mol. The topological polar surface area (TPSA) is 56.4 Å². The van der Waals surface area contributed by atoms with Crippen molar-refractivity contribution in [2.24, 2.45) is 0 Å². The monoisotopic (exact) mass is 632 g/mol. The minimum absolute atomic E-state index is 0. The van der Waals surface area contributed by atoms with Gasteiger partial charge in [0.25, 0.3) is 0 Å². The predicted molar refractivity (Wildman–Crippen MR) is 180 cm³/mol. The molecule has 3 aromatic rings. The van der Waals surface area contributed by atoms with E-state index in [2.05, 4.69) is 127 Å². The van der Waals surface area contributed by atoms with Crippen LogP contribution in [0.2, 0.25) is 0 Å². The van der Waals surface area contributed by atoms with E-state index in [0.29, 0.717) is 36.8 Å². The van der Waals surface area contributed by atoms with Gasteiger partial charge in [0.15, 0.2) is 0 Å². The molecule has 222 valence electrons. The van der Waals surface area contributed by atoms with Crippen molar-refractivity contribution < 1.29 is 26.2 Å². The number of hydrogen-bond acceptors (Lipinski definition) is 0. The van der Waals surface area contributed by atoms with Gasteiger partial charge in [-0.2, -0.15) is 28.2 Å². The van der Waals surface area contributed by atoms with Crippen LogP contribution in [-0.4, -0.2) is 28.2 Å². The molecule has 0 atom stereocenters. The zero-order valence-corrected chi connectivity index (χ0v) is 30.2. The fourth-order valence-corrected chi connectivity index (χ4v) is 4.56. The van der Waals surface area contributed by atoms with E-state index < -0.39 is 0 Å². The van der Waals surface area contributed by atoms with E-state index in [-0.39, 0.29) is 26.2 Å². The second kappa shape index (κ2) is 20.9. The van der Waals surface area contributed by atoms with Crippen LogP contribution < -0.4 is 0 Å². The molecule has 0 aliphatic carbocycles. The SMILES string of the molecule is CC(C)c1cccc(C(C)C)c1[N-]Cc1cccc(C[N-]c2c(C(C)C)cccc2C(C)C)c1.C[N-]C.C[N-]C.[Zr+4]. The zero-order chi connectivity index (χ0) is 30.2. The predicted octanol–water partition coefficient (Wildman–Crippen LogP) is 11.8. The average Bonchev–Trinajstić information content (AvgIpc) is 2.91. The summed E-state index contributed by atoms with van der Waals surface area (Å²) in [5, 5.41) is 17.2. The van der Waals surface area contributed by atoms with Gasteiger partial charge in [-0.3, -0.25) is 0 Å². The second-order valence-corrected chi connectivity index (χ2v) is 11.5. The van der Waals surface area contributed by atoms with Crippen LogP contribution in [-0.2, 0) is 39.3 Å². The van der Waals surface area contributed by atoms with Crippen molar-refractivity contribution in [3.63, 3.8) is 0 Å². The molecule has 0 saturated heterocycles. The molecule has 3 rings (SSSR count). The minimum Gasteiger partial charge on any atom is -0.680 e. The van der Waals surface area contributed by atoms with Gasteiger partial charge in [-0.05, 0) is 23.7 Å². The molecule has 0 N–H and O–H groups in total. The zero-order valence-electron chi connectivity index (χ0n) is 27.8. The van der Waals surface area contributed by atoms with Gasteiger partial charge in [0.1, 0.15) is 0 Å². The van der Waals surface area contributed by atoms with Crippen LogP contribution in [0.1, 0.15) is 112 Å². The van der Waals surface area contributed by atoms with E-state index in [4.69, 9.17) is 10.6 Å². The number of rotatable bonds is 10. The molecule has 0 bridgehead atoms. The Labute approximate surface area is 272 Å². The third-order valence-corrected chi connectivity index (χ3v) is 6.52. The molecule has 0 fully saturated rings. The van der Waals surface area contributed by atoms with Crippen molar-refractivity contribution in [2.45, 2.75) is 92.2 Å². The van der Waals surface area contributed by atoms with Gasteiger partial charge in [-0.15, -0.1) is 24.5 Å². The van der Waals surface area contributed by atoms with Crippen molar-refractivity contribution in [3.05, 3.63) is 115 Å². The summed E-state index contributed by atoms with van der Waals surface area (Å²) in [6, 6.07) is 22.0. The maximum absolute atomic E-state index is 5.12. The first-order chi connectivity index (χ1) is 19.0. The fraction of sp³-hybridized carbons (Fsp3) is 0.500. The van der Waals surface area contributed by atoms with E-state index >= 15 is 0 Å². The van der Waals surface area contributed by atoms with Crippen LogP contribution in [0, 0.1) is 0 Å². The van der Waals surface area contributed by atoms with Crippen LogP contribution in [0.3, 0.4) is 0 Å². The summed E-state index contributed by atoms with van der Waals surface area (Å²) in [6.45, 7) is 19.4. The van der Waals surface area contributed by atoms with Crippen LogP contribution >= 0.6 is 0 Å². The maximum atomic E-state index is 5.12. The largest absolute Gasteiger partial charge is 4.00 e. The number of nitrogens with zero attached hydrogens (tertiary/aromatic N) is 4. The van der Waals surface area contributed by atoms with Gasteiger partial charge in [0.05, 0.1) is 0 Å². The smallest absolute Gasteiger partial charge is 0.680 e. The maximum Gasteiger partial charge on any atom is 4.00 e. The number of hydrogen-bond donors (Lipinski definition) is 0. The summed E-state index contributed by atoms with van der Waals surface area (Å²) in [4.78, 5) is 0. The van der Waals surface area contributed by atoms with E-state index in [1.54, 1.807) is 28.2 Å². The Hall–Kier alpha value is -1.94. The summed E-state index contributed by atoms with van der Waals surface area (Å²) >= 11 is 0. The molecule has 0 spiro atoms. The van der Waals surface area contributed by atoms with Crippen molar-refractivity contribution in [1.82, 2.24) is 0 Å². The van der Waals surface area contributed by atoms with Crippen molar-refractivity contribution in [1.29, 1.82) is 0 Å². The van der Waals surface area contributed by atoms with Gasteiger partial charge in [-0.25, -0.2) is 0 Å². The summed E-state index contributed by atoms with van der Waals surface area (Å²) in [7, 11) is 7.00. The number of para-hydroxylation sites is 2. The Balaban J connectivity index is 0.00000210. The molecule has 0 unspecified atom stereocenters. The summed E-state index contributed by atoms with van der Waals surface area (Å²) in [5.41, 5.74) is 10.2. The third-order valence-electron chi connectivity index (χ3n) is 6.52. The summed E-state index contributed by atoms with van der Waals surface area (Å²) < 4.78 is 0. The normalized spacial score (nSPS) is 10.5. The van der Waals surface area contributed by atoms with Crippen LogP contribution in [0.15, 0.2) is 60.7 Å². The van der Waals surface area contributed by atoms with Gasteiger partial charge in [0.2, 0.25) is 0 Å². The van der Waals surface area contributed by atoms with E-state index in [0.717, 1.165) is 0 Å². The van der Waals surface area contributed by atoms with Crippen LogP contribution in [0.5, 0.6) is 0 Å². The summed E-state index contributed by atoms with van der Waals surface area (Å²) in [6.07, 6.45) is 0. The summed E-state index contributed by atoms with van der Waals surface area (Å²) in [5.74, 6) is 1.83. The van der Waals surface area contributed by atoms with Crippen molar-refractivity contribution in [3.8, 4) is 0 Å². The van der Waals surface area contributed by atoms with E-state index in [9.17, 15) is 0 Å². The molecule has 41 heavy (non-hydrogen) atoms. The first-order valence-electron chi connectivity index (χ1n) is 14.7. The number of benzene rings is 3. The molecule has 0 aromatic heterocycles. The molecule has 0 saturated carbocycles. The second-order valence-electron chi connectivity index (χ2n) is 11.5. The molecule has 0 radical (unpaired) electrons. The molecule has 0 aliphatic heterocycles. The first kappa shape index (κ1) is 39.1. The molecular formula is C36H54N4Zr. The van der Waals surface area contributed by atoms with Gasteiger partial charge in [-0.1, -0.05) is 149 Å². The van der Waals surface area contributed by atoms with Gasteiger partial charge in [0, 0.05) is 0 Å². The quantitative estimate of drug-likeness (QED) is 0.213. The molecule has 0 amide bonds. The Kier molecular flexibility index (Phi) is 19.9. The minimum atomic E-state index is 0. The molecule has 3 aromatic carbocycles. The molecule has 4 nitrogen and oxygen atoms in total. The molecule has 0 aliphatic rings. The Bertz CT molecular complexity index is 985. The molecule has 5 heteroatoms. The molecular weight excluding hydrogens is 580 g/mol. The van der Waals surface area contributed by atoms with E-state index in [1.807, 2.05) is 0 Å². The van der Waals surface area contributed by atoms with Gasteiger partial charge >= 0.3 is 26.2 Å². The van der Waals surface area contributed by atoms with Crippen molar-refractivity contribution in [2.75, 3.05) is 28.2 Å². The van der Waals surface area contributed by atoms with Crippen molar-refractivity contribution >= 4 is 11.4 Å². The Morgan fingerprint density at radius 1 is 0.463 bits per heavy atom. The Morgan fingerprint density at radius 2 is 0.707 bits per heavy atom.